The Hall–Kier alpha value is -2.00. The zero-order chi connectivity index (χ0) is 25.8. The number of ether oxygens (including phenoxy) is 1. The van der Waals surface area contributed by atoms with Crippen LogP contribution < -0.4 is 5.32 Å². The molecule has 0 radical (unpaired) electrons. The molecule has 9 nitrogen and oxygen atoms in total. The summed E-state index contributed by atoms with van der Waals surface area (Å²) < 4.78 is 5.48. The van der Waals surface area contributed by atoms with Gasteiger partial charge in [-0.2, -0.15) is 0 Å². The van der Waals surface area contributed by atoms with E-state index in [0.717, 1.165) is 44.9 Å². The molecule has 0 spiro atoms. The molecule has 36 heavy (non-hydrogen) atoms. The van der Waals surface area contributed by atoms with Crippen molar-refractivity contribution in [2.24, 2.45) is 17.8 Å². The highest BCUT2D eigenvalue weighted by atomic mass is 16.5. The molecule has 4 rings (SSSR count). The third-order valence-corrected chi connectivity index (χ3v) is 8.65. The van der Waals surface area contributed by atoms with Crippen molar-refractivity contribution in [3.8, 4) is 0 Å². The second-order valence-electron chi connectivity index (χ2n) is 11.5. The van der Waals surface area contributed by atoms with Crippen molar-refractivity contribution < 1.29 is 29.0 Å². The summed E-state index contributed by atoms with van der Waals surface area (Å²) in [5.74, 6) is -0.204. The Balaban J connectivity index is 1.55. The largest absolute Gasteiger partial charge is 0.464 e. The summed E-state index contributed by atoms with van der Waals surface area (Å²) in [4.78, 5) is 55.9. The average molecular weight is 506 g/mol. The lowest BCUT2D eigenvalue weighted by atomic mass is 9.91. The van der Waals surface area contributed by atoms with Crippen LogP contribution in [-0.4, -0.2) is 82.5 Å². The number of carbonyl (C=O) groups is 4. The molecular formula is C27H43N3O6. The quantitative estimate of drug-likeness (QED) is 0.484. The van der Waals surface area contributed by atoms with Crippen LogP contribution >= 0.6 is 0 Å². The molecular weight excluding hydrogens is 462 g/mol. The monoisotopic (exact) mass is 505 g/mol. The van der Waals surface area contributed by atoms with Crippen molar-refractivity contribution in [1.82, 2.24) is 15.1 Å². The van der Waals surface area contributed by atoms with Crippen LogP contribution in [0.4, 0.5) is 0 Å². The summed E-state index contributed by atoms with van der Waals surface area (Å²) in [6.07, 6.45) is 6.68. The van der Waals surface area contributed by atoms with E-state index in [1.807, 2.05) is 6.92 Å². The van der Waals surface area contributed by atoms with E-state index in [9.17, 15) is 24.3 Å². The van der Waals surface area contributed by atoms with Crippen molar-refractivity contribution in [3.05, 3.63) is 0 Å². The summed E-state index contributed by atoms with van der Waals surface area (Å²) in [7, 11) is 0. The highest BCUT2D eigenvalue weighted by molar-refractivity contribution is 5.89. The molecule has 3 saturated heterocycles. The van der Waals surface area contributed by atoms with Gasteiger partial charge < -0.3 is 20.1 Å². The van der Waals surface area contributed by atoms with Crippen LogP contribution in [0.1, 0.15) is 84.5 Å². The molecule has 202 valence electrons. The van der Waals surface area contributed by atoms with Crippen LogP contribution in [-0.2, 0) is 23.9 Å². The third kappa shape index (κ3) is 6.28. The van der Waals surface area contributed by atoms with Crippen molar-refractivity contribution in [2.75, 3.05) is 19.7 Å². The number of cyclic esters (lactones) is 1. The number of rotatable bonds is 0. The van der Waals surface area contributed by atoms with Gasteiger partial charge in [0.25, 0.3) is 0 Å². The number of Topliss-reactive ketones (excluding diaryl/α,β-unsaturated/α-hetero) is 1. The van der Waals surface area contributed by atoms with Crippen molar-refractivity contribution >= 4 is 23.6 Å². The third-order valence-electron chi connectivity index (χ3n) is 8.65. The Morgan fingerprint density at radius 2 is 1.75 bits per heavy atom. The second-order valence-corrected chi connectivity index (χ2v) is 11.5. The number of esters is 1. The lowest BCUT2D eigenvalue weighted by molar-refractivity contribution is -0.154. The number of ketones is 1. The maximum Gasteiger partial charge on any atom is 0.323 e. The molecule has 0 aromatic rings. The average Bonchev–Trinajstić information content (AvgIpc) is 3.10. The normalized spacial score (nSPS) is 38.2. The minimum atomic E-state index is -1.06. The number of fused-ring (bicyclic) bond motifs is 5. The number of aliphatic hydroxyl groups is 1. The standard InChI is InChI=1S/C27H43N3O6/c1-17-14-23-27(35)36-13-11-21(31)15-19-6-5-7-20(10-9-19)26(34)29-12-4-3-8-22(29)24(32)28-18(2)25(33)30(23)16-17/h17-20,22-23,25,33H,3-16H2,1-2H3,(H,28,32). The highest BCUT2D eigenvalue weighted by Crippen LogP contribution is 2.33. The maximum atomic E-state index is 13.6. The SMILES string of the molecule is CC1CC2C(=O)OCCC(=O)CC3CCCC(CC3)C(=O)N3CCCCC3C(=O)NC(C)C(O)N2C1. The van der Waals surface area contributed by atoms with Crippen LogP contribution in [0.2, 0.25) is 0 Å². The van der Waals surface area contributed by atoms with Gasteiger partial charge in [0.05, 0.1) is 12.6 Å². The first-order chi connectivity index (χ1) is 17.2. The van der Waals surface area contributed by atoms with Crippen LogP contribution in [0.25, 0.3) is 0 Å². The Labute approximate surface area is 214 Å². The van der Waals surface area contributed by atoms with Gasteiger partial charge in [-0.05, 0) is 70.1 Å². The van der Waals surface area contributed by atoms with Gasteiger partial charge in [-0.1, -0.05) is 13.3 Å². The fraction of sp³-hybridized carbons (Fsp3) is 0.852. The minimum Gasteiger partial charge on any atom is -0.464 e. The summed E-state index contributed by atoms with van der Waals surface area (Å²) >= 11 is 0. The van der Waals surface area contributed by atoms with E-state index in [4.69, 9.17) is 4.74 Å². The Morgan fingerprint density at radius 3 is 2.56 bits per heavy atom. The van der Waals surface area contributed by atoms with E-state index in [0.29, 0.717) is 32.4 Å². The molecule has 7 unspecified atom stereocenters. The molecule has 0 aromatic carbocycles. The van der Waals surface area contributed by atoms with Crippen LogP contribution in [0.15, 0.2) is 0 Å². The molecule has 2 bridgehead atoms. The summed E-state index contributed by atoms with van der Waals surface area (Å²) in [5.41, 5.74) is 0. The number of hydrogen-bond donors (Lipinski definition) is 2. The predicted molar refractivity (Wildman–Crippen MR) is 133 cm³/mol. The molecule has 3 aliphatic heterocycles. The fourth-order valence-electron chi connectivity index (χ4n) is 6.60. The van der Waals surface area contributed by atoms with Gasteiger partial charge >= 0.3 is 5.97 Å². The molecule has 7 atom stereocenters. The lowest BCUT2D eigenvalue weighted by Crippen LogP contribution is -2.58. The number of amides is 2. The number of aliphatic hydroxyl groups excluding tert-OH is 1. The minimum absolute atomic E-state index is 0.0449. The Bertz CT molecular complexity index is 834. The van der Waals surface area contributed by atoms with Crippen LogP contribution in [0.5, 0.6) is 0 Å². The number of carbonyl (C=O) groups excluding carboxylic acids is 4. The van der Waals surface area contributed by atoms with Gasteiger partial charge in [0, 0.05) is 31.8 Å². The predicted octanol–water partition coefficient (Wildman–Crippen LogP) is 2.00. The summed E-state index contributed by atoms with van der Waals surface area (Å²) in [5, 5.41) is 14.1. The summed E-state index contributed by atoms with van der Waals surface area (Å²) in [6.45, 7) is 4.88. The van der Waals surface area contributed by atoms with E-state index in [1.54, 1.807) is 16.7 Å². The van der Waals surface area contributed by atoms with E-state index < -0.39 is 30.3 Å². The van der Waals surface area contributed by atoms with Crippen molar-refractivity contribution in [3.63, 3.8) is 0 Å². The highest BCUT2D eigenvalue weighted by Gasteiger charge is 2.42. The molecule has 9 heteroatoms. The topological polar surface area (TPSA) is 116 Å². The van der Waals surface area contributed by atoms with Crippen molar-refractivity contribution in [2.45, 2.75) is 109 Å². The van der Waals surface area contributed by atoms with Crippen LogP contribution in [0.3, 0.4) is 0 Å². The molecule has 2 N–H and O–H groups in total. The molecule has 4 fully saturated rings. The van der Waals surface area contributed by atoms with Gasteiger partial charge in [-0.15, -0.1) is 0 Å². The van der Waals surface area contributed by atoms with Gasteiger partial charge in [0.2, 0.25) is 11.8 Å². The molecule has 1 aliphatic carbocycles. The zero-order valence-electron chi connectivity index (χ0n) is 21.8. The van der Waals surface area contributed by atoms with Gasteiger partial charge in [0.15, 0.2) is 0 Å². The first kappa shape index (κ1) is 27.0. The molecule has 2 amide bonds. The van der Waals surface area contributed by atoms with E-state index >= 15 is 0 Å². The smallest absolute Gasteiger partial charge is 0.323 e. The number of piperidine rings is 1. The maximum absolute atomic E-state index is 13.6. The van der Waals surface area contributed by atoms with Gasteiger partial charge in [-0.25, -0.2) is 0 Å². The number of nitrogens with one attached hydrogen (secondary N) is 1. The summed E-state index contributed by atoms with van der Waals surface area (Å²) in [6, 6.07) is -1.78. The first-order valence-electron chi connectivity index (χ1n) is 14.0. The Kier molecular flexibility index (Phi) is 9.04. The number of nitrogens with zero attached hydrogens (tertiary/aromatic N) is 2. The van der Waals surface area contributed by atoms with Gasteiger partial charge in [-0.3, -0.25) is 24.1 Å². The second kappa shape index (κ2) is 12.0. The van der Waals surface area contributed by atoms with E-state index in [-0.39, 0.29) is 48.4 Å². The van der Waals surface area contributed by atoms with Crippen LogP contribution in [0, 0.1) is 17.8 Å². The van der Waals surface area contributed by atoms with Gasteiger partial charge in [0.1, 0.15) is 24.1 Å². The van der Waals surface area contributed by atoms with E-state index in [1.165, 1.54) is 0 Å². The molecule has 1 saturated carbocycles. The van der Waals surface area contributed by atoms with Crippen molar-refractivity contribution in [1.29, 1.82) is 0 Å². The molecule has 0 aromatic heterocycles. The molecule has 4 aliphatic rings. The lowest BCUT2D eigenvalue weighted by Gasteiger charge is -2.38. The Morgan fingerprint density at radius 1 is 0.944 bits per heavy atom. The zero-order valence-corrected chi connectivity index (χ0v) is 21.8. The van der Waals surface area contributed by atoms with E-state index in [2.05, 4.69) is 5.32 Å². The molecule has 3 heterocycles. The number of hydrogen-bond acceptors (Lipinski definition) is 7. The first-order valence-corrected chi connectivity index (χ1v) is 14.0. The fourth-order valence-corrected chi connectivity index (χ4v) is 6.60.